The van der Waals surface area contributed by atoms with Crippen molar-refractivity contribution in [1.82, 2.24) is 0 Å². The van der Waals surface area contributed by atoms with Crippen LogP contribution in [-0.2, 0) is 23.9 Å². The van der Waals surface area contributed by atoms with Crippen LogP contribution in [0.5, 0.6) is 0 Å². The van der Waals surface area contributed by atoms with Crippen LogP contribution >= 0.6 is 0 Å². The lowest BCUT2D eigenvalue weighted by Crippen LogP contribution is -2.65. The molecular weight excluding hydrogens is 404 g/mol. The molecule has 0 radical (unpaired) electrons. The minimum atomic E-state index is -1.59. The molecule has 1 spiro atoms. The first kappa shape index (κ1) is 23.9. The molecule has 0 aromatic carbocycles. The number of carbonyl (C=O) groups excluding carboxylic acids is 3. The molecule has 0 unspecified atom stereocenters. The van der Waals surface area contributed by atoms with E-state index in [-0.39, 0.29) is 18.4 Å². The molecule has 2 aliphatic carbocycles. The van der Waals surface area contributed by atoms with Gasteiger partial charge in [0.2, 0.25) is 6.29 Å². The maximum absolute atomic E-state index is 13.0. The lowest BCUT2D eigenvalue weighted by molar-refractivity contribution is -0.211. The Morgan fingerprint density at radius 1 is 1.32 bits per heavy atom. The molecule has 0 aromatic rings. The fourth-order valence-electron chi connectivity index (χ4n) is 5.91. The Morgan fingerprint density at radius 2 is 2.03 bits per heavy atom. The second kappa shape index (κ2) is 9.00. The number of unbranched alkanes of at least 4 members (excludes halogenated alkanes) is 3. The van der Waals surface area contributed by atoms with Gasteiger partial charge in [0.05, 0.1) is 5.92 Å². The predicted octanol–water partition coefficient (Wildman–Crippen LogP) is 1.64. The fourth-order valence-corrected chi connectivity index (χ4v) is 5.91. The van der Waals surface area contributed by atoms with Gasteiger partial charge in [-0.05, 0) is 36.2 Å². The molecular formula is C23H34O8. The maximum atomic E-state index is 13.0. The highest BCUT2D eigenvalue weighted by Crippen LogP contribution is 2.63. The van der Waals surface area contributed by atoms with E-state index in [0.717, 1.165) is 19.3 Å². The van der Waals surface area contributed by atoms with Crippen molar-refractivity contribution in [2.24, 2.45) is 22.7 Å². The van der Waals surface area contributed by atoms with Crippen LogP contribution in [0.1, 0.15) is 65.7 Å². The van der Waals surface area contributed by atoms with E-state index in [4.69, 9.17) is 9.47 Å². The van der Waals surface area contributed by atoms with Gasteiger partial charge in [-0.15, -0.1) is 0 Å². The molecule has 8 heteroatoms. The average molecular weight is 439 g/mol. The maximum Gasteiger partial charge on any atom is 0.335 e. The van der Waals surface area contributed by atoms with Gasteiger partial charge in [-0.3, -0.25) is 9.59 Å². The van der Waals surface area contributed by atoms with Crippen LogP contribution in [0.2, 0.25) is 0 Å². The van der Waals surface area contributed by atoms with Crippen LogP contribution in [0.15, 0.2) is 11.6 Å². The molecule has 8 nitrogen and oxygen atoms in total. The van der Waals surface area contributed by atoms with Gasteiger partial charge < -0.3 is 24.8 Å². The van der Waals surface area contributed by atoms with E-state index in [1.807, 2.05) is 13.8 Å². The van der Waals surface area contributed by atoms with Crippen LogP contribution < -0.4 is 0 Å². The third-order valence-electron chi connectivity index (χ3n) is 7.43. The highest BCUT2D eigenvalue weighted by Gasteiger charge is 2.73. The summed E-state index contributed by atoms with van der Waals surface area (Å²) in [5.74, 6) is -3.08. The topological polar surface area (TPSA) is 130 Å². The van der Waals surface area contributed by atoms with Gasteiger partial charge >= 0.3 is 11.9 Å². The summed E-state index contributed by atoms with van der Waals surface area (Å²) < 4.78 is 10.6. The first-order valence-electron chi connectivity index (χ1n) is 11.2. The lowest BCUT2D eigenvalue weighted by Gasteiger charge is -2.56. The van der Waals surface area contributed by atoms with Crippen molar-refractivity contribution in [2.45, 2.75) is 90.3 Å². The van der Waals surface area contributed by atoms with Crippen LogP contribution in [0.3, 0.4) is 0 Å². The Kier molecular flexibility index (Phi) is 6.93. The molecule has 31 heavy (non-hydrogen) atoms. The van der Waals surface area contributed by atoms with E-state index in [0.29, 0.717) is 19.1 Å². The van der Waals surface area contributed by atoms with Crippen LogP contribution in [0.4, 0.5) is 0 Å². The van der Waals surface area contributed by atoms with Crippen molar-refractivity contribution < 1.29 is 39.2 Å². The van der Waals surface area contributed by atoms with Crippen LogP contribution in [0.25, 0.3) is 0 Å². The zero-order chi connectivity index (χ0) is 23.0. The summed E-state index contributed by atoms with van der Waals surface area (Å²) >= 11 is 0. The number of aliphatic hydroxyl groups is 3. The summed E-state index contributed by atoms with van der Waals surface area (Å²) in [5, 5.41) is 31.9. The van der Waals surface area contributed by atoms with Gasteiger partial charge in [0.15, 0.2) is 6.10 Å². The van der Waals surface area contributed by atoms with Crippen LogP contribution in [-0.4, -0.2) is 58.1 Å². The van der Waals surface area contributed by atoms with Crippen molar-refractivity contribution in [3.8, 4) is 0 Å². The number of aldehydes is 1. The van der Waals surface area contributed by atoms with E-state index in [2.05, 4.69) is 6.92 Å². The minimum absolute atomic E-state index is 0.201. The highest BCUT2D eigenvalue weighted by atomic mass is 16.6. The van der Waals surface area contributed by atoms with Gasteiger partial charge in [-0.2, -0.15) is 0 Å². The van der Waals surface area contributed by atoms with Gasteiger partial charge in [-0.25, -0.2) is 4.79 Å². The standard InChI is InChI=1S/C23H34O8/c1-4-5-6-7-8-14(25)19(27)30-15-11-22(2,3)16-10-9-13(12-24)17-20(28)31-21(29)23(16,17)18(15)26/h9,12,14-18,20,25-26,28H,4-8,10-11H2,1-3H3/t14-,15+,16+,17-,18+,20+,23-/m1/s1. The molecule has 3 aliphatic rings. The first-order chi connectivity index (χ1) is 14.6. The molecule has 3 N–H and O–H groups in total. The Morgan fingerprint density at radius 3 is 2.68 bits per heavy atom. The number of allylic oxidation sites excluding steroid dienone is 1. The summed E-state index contributed by atoms with van der Waals surface area (Å²) in [6.07, 6.45) is 1.37. The zero-order valence-electron chi connectivity index (χ0n) is 18.5. The van der Waals surface area contributed by atoms with Gasteiger partial charge in [-0.1, -0.05) is 52.5 Å². The molecule has 1 saturated carbocycles. The Hall–Kier alpha value is -1.77. The monoisotopic (exact) mass is 438 g/mol. The quantitative estimate of drug-likeness (QED) is 0.296. The Bertz CT molecular complexity index is 744. The number of carbonyl (C=O) groups is 3. The van der Waals surface area contributed by atoms with E-state index in [9.17, 15) is 29.7 Å². The molecule has 3 rings (SSSR count). The van der Waals surface area contributed by atoms with Crippen molar-refractivity contribution in [2.75, 3.05) is 0 Å². The highest BCUT2D eigenvalue weighted by molar-refractivity contribution is 5.87. The van der Waals surface area contributed by atoms with E-state index >= 15 is 0 Å². The largest absolute Gasteiger partial charge is 0.458 e. The first-order valence-corrected chi connectivity index (χ1v) is 11.2. The number of esters is 2. The third kappa shape index (κ3) is 3.94. The van der Waals surface area contributed by atoms with Crippen LogP contribution in [0, 0.1) is 22.7 Å². The van der Waals surface area contributed by atoms with Gasteiger partial charge in [0, 0.05) is 0 Å². The Labute approximate surface area is 182 Å². The number of cyclic esters (lactones) is 1. The van der Waals surface area contributed by atoms with Gasteiger partial charge in [0.25, 0.3) is 0 Å². The third-order valence-corrected chi connectivity index (χ3v) is 7.43. The molecule has 1 heterocycles. The molecule has 1 aliphatic heterocycles. The summed E-state index contributed by atoms with van der Waals surface area (Å²) in [5.41, 5.74) is -1.96. The summed E-state index contributed by atoms with van der Waals surface area (Å²) in [6.45, 7) is 5.88. The second-order valence-electron chi connectivity index (χ2n) is 9.79. The molecule has 7 atom stereocenters. The smallest absolute Gasteiger partial charge is 0.335 e. The summed E-state index contributed by atoms with van der Waals surface area (Å²) in [6, 6.07) is 0. The number of hydrogen-bond donors (Lipinski definition) is 3. The van der Waals surface area contributed by atoms with Crippen molar-refractivity contribution in [3.63, 3.8) is 0 Å². The number of ether oxygens (including phenoxy) is 2. The molecule has 2 fully saturated rings. The Balaban J connectivity index is 1.86. The summed E-state index contributed by atoms with van der Waals surface area (Å²) in [7, 11) is 0. The lowest BCUT2D eigenvalue weighted by atomic mass is 9.46. The minimum Gasteiger partial charge on any atom is -0.458 e. The molecule has 0 aromatic heterocycles. The number of rotatable bonds is 8. The second-order valence-corrected chi connectivity index (χ2v) is 9.79. The van der Waals surface area contributed by atoms with E-state index < -0.39 is 59.2 Å². The number of aliphatic hydroxyl groups excluding tert-OH is 3. The fraction of sp³-hybridized carbons (Fsp3) is 0.783. The van der Waals surface area contributed by atoms with Crippen molar-refractivity contribution in [1.29, 1.82) is 0 Å². The summed E-state index contributed by atoms with van der Waals surface area (Å²) in [4.78, 5) is 37.2. The van der Waals surface area contributed by atoms with Crippen molar-refractivity contribution >= 4 is 18.2 Å². The average Bonchev–Trinajstić information content (AvgIpc) is 2.99. The predicted molar refractivity (Wildman–Crippen MR) is 109 cm³/mol. The van der Waals surface area contributed by atoms with Crippen molar-refractivity contribution in [3.05, 3.63) is 11.6 Å². The van der Waals surface area contributed by atoms with E-state index in [1.54, 1.807) is 6.08 Å². The van der Waals surface area contributed by atoms with E-state index in [1.165, 1.54) is 0 Å². The number of hydrogen-bond acceptors (Lipinski definition) is 8. The zero-order valence-corrected chi connectivity index (χ0v) is 18.5. The molecule has 174 valence electrons. The SMILES string of the molecule is CCCCCC[C@@H](O)C(=O)O[C@H]1CC(C)(C)[C@@H]2CC=C(C=O)[C@@H]3[C@@H](O)OC(=O)[C@@]32[C@H]1O. The normalized spacial score (nSPS) is 37.2. The molecule has 0 bridgehead atoms. The van der Waals surface area contributed by atoms with Gasteiger partial charge in [0.1, 0.15) is 23.9 Å². The molecule has 1 saturated heterocycles. The molecule has 0 amide bonds.